The van der Waals surface area contributed by atoms with Gasteiger partial charge in [-0.15, -0.1) is 0 Å². The van der Waals surface area contributed by atoms with Crippen molar-refractivity contribution in [2.75, 3.05) is 39.3 Å². The van der Waals surface area contributed by atoms with Gasteiger partial charge in [0.05, 0.1) is 0 Å². The standard InChI is InChI=1S/C11H25N3/c1-2-4-6-12-8-10-14-11-9-13-7-5-3-1/h12-14H,1-11H2. The molecular weight excluding hydrogens is 174 g/mol. The summed E-state index contributed by atoms with van der Waals surface area (Å²) in [5.74, 6) is 0. The fourth-order valence-electron chi connectivity index (χ4n) is 1.76. The lowest BCUT2D eigenvalue weighted by Crippen LogP contribution is -2.33. The molecule has 1 aliphatic heterocycles. The van der Waals surface area contributed by atoms with Gasteiger partial charge in [-0.2, -0.15) is 0 Å². The van der Waals surface area contributed by atoms with Gasteiger partial charge in [-0.1, -0.05) is 19.3 Å². The first-order valence-corrected chi connectivity index (χ1v) is 6.12. The molecule has 0 aromatic heterocycles. The Morgan fingerprint density at radius 1 is 0.357 bits per heavy atom. The molecule has 1 fully saturated rings. The van der Waals surface area contributed by atoms with Crippen LogP contribution in [0, 0.1) is 0 Å². The van der Waals surface area contributed by atoms with Crippen molar-refractivity contribution < 1.29 is 0 Å². The molecule has 3 N–H and O–H groups in total. The summed E-state index contributed by atoms with van der Waals surface area (Å²) in [6.45, 7) is 6.81. The molecule has 0 amide bonds. The van der Waals surface area contributed by atoms with E-state index in [1.54, 1.807) is 0 Å². The average molecular weight is 199 g/mol. The number of hydrogen-bond donors (Lipinski definition) is 3. The molecule has 3 heteroatoms. The summed E-state index contributed by atoms with van der Waals surface area (Å²) in [4.78, 5) is 0. The van der Waals surface area contributed by atoms with E-state index < -0.39 is 0 Å². The minimum Gasteiger partial charge on any atom is -0.315 e. The number of hydrogen-bond acceptors (Lipinski definition) is 3. The summed E-state index contributed by atoms with van der Waals surface area (Å²) in [5, 5.41) is 10.3. The summed E-state index contributed by atoms with van der Waals surface area (Å²) >= 11 is 0. The highest BCUT2D eigenvalue weighted by molar-refractivity contribution is 4.57. The third-order valence-electron chi connectivity index (χ3n) is 2.66. The highest BCUT2D eigenvalue weighted by atomic mass is 15.0. The Bertz CT molecular complexity index is 63.8. The van der Waals surface area contributed by atoms with Gasteiger partial charge in [-0.25, -0.2) is 0 Å². The first-order valence-electron chi connectivity index (χ1n) is 6.12. The summed E-state index contributed by atoms with van der Waals surface area (Å²) in [6, 6.07) is 0. The van der Waals surface area contributed by atoms with Gasteiger partial charge < -0.3 is 16.0 Å². The zero-order valence-corrected chi connectivity index (χ0v) is 9.28. The summed E-state index contributed by atoms with van der Waals surface area (Å²) < 4.78 is 0. The Balaban J connectivity index is 2.00. The van der Waals surface area contributed by atoms with E-state index in [9.17, 15) is 0 Å². The molecule has 0 bridgehead atoms. The van der Waals surface area contributed by atoms with Crippen molar-refractivity contribution in [1.82, 2.24) is 16.0 Å². The fraction of sp³-hybridized carbons (Fsp3) is 1.00. The zero-order valence-electron chi connectivity index (χ0n) is 9.28. The second kappa shape index (κ2) is 9.44. The van der Waals surface area contributed by atoms with Crippen LogP contribution in [0.4, 0.5) is 0 Å². The second-order valence-corrected chi connectivity index (χ2v) is 4.02. The van der Waals surface area contributed by atoms with Gasteiger partial charge in [0.2, 0.25) is 0 Å². The van der Waals surface area contributed by atoms with Gasteiger partial charge in [0, 0.05) is 26.2 Å². The summed E-state index contributed by atoms with van der Waals surface area (Å²) in [7, 11) is 0. The molecule has 84 valence electrons. The van der Waals surface area contributed by atoms with Gasteiger partial charge in [-0.05, 0) is 25.9 Å². The van der Waals surface area contributed by atoms with Crippen LogP contribution in [0.25, 0.3) is 0 Å². The average Bonchev–Trinajstić information content (AvgIpc) is 2.22. The SMILES string of the molecule is C1CCCNCCNCCNCCC1. The quantitative estimate of drug-likeness (QED) is 0.538. The Morgan fingerprint density at radius 2 is 0.714 bits per heavy atom. The Hall–Kier alpha value is -0.120. The third-order valence-corrected chi connectivity index (χ3v) is 2.66. The number of nitrogens with one attached hydrogen (secondary N) is 3. The lowest BCUT2D eigenvalue weighted by molar-refractivity contribution is 0.524. The molecule has 14 heavy (non-hydrogen) atoms. The molecule has 3 nitrogen and oxygen atoms in total. The zero-order chi connectivity index (χ0) is 9.90. The molecule has 0 atom stereocenters. The van der Waals surface area contributed by atoms with Crippen molar-refractivity contribution >= 4 is 0 Å². The van der Waals surface area contributed by atoms with Crippen LogP contribution in [-0.2, 0) is 0 Å². The molecule has 1 heterocycles. The van der Waals surface area contributed by atoms with Crippen LogP contribution in [0.3, 0.4) is 0 Å². The van der Waals surface area contributed by atoms with Gasteiger partial charge in [0.25, 0.3) is 0 Å². The van der Waals surface area contributed by atoms with Crippen molar-refractivity contribution in [3.63, 3.8) is 0 Å². The summed E-state index contributed by atoms with van der Waals surface area (Å²) in [5.41, 5.74) is 0. The molecule has 0 aromatic rings. The van der Waals surface area contributed by atoms with Crippen LogP contribution in [0.15, 0.2) is 0 Å². The maximum atomic E-state index is 3.46. The van der Waals surface area contributed by atoms with Crippen molar-refractivity contribution in [3.8, 4) is 0 Å². The van der Waals surface area contributed by atoms with E-state index in [4.69, 9.17) is 0 Å². The Labute approximate surface area is 88.0 Å². The van der Waals surface area contributed by atoms with Crippen LogP contribution in [0.1, 0.15) is 32.1 Å². The van der Waals surface area contributed by atoms with E-state index in [1.807, 2.05) is 0 Å². The first-order chi connectivity index (χ1) is 7.00. The topological polar surface area (TPSA) is 36.1 Å². The van der Waals surface area contributed by atoms with E-state index in [0.717, 1.165) is 26.2 Å². The molecule has 0 aromatic carbocycles. The predicted molar refractivity (Wildman–Crippen MR) is 61.7 cm³/mol. The third kappa shape index (κ3) is 7.30. The molecular formula is C11H25N3. The largest absolute Gasteiger partial charge is 0.315 e. The van der Waals surface area contributed by atoms with Crippen LogP contribution >= 0.6 is 0 Å². The Morgan fingerprint density at radius 3 is 1.21 bits per heavy atom. The van der Waals surface area contributed by atoms with E-state index >= 15 is 0 Å². The van der Waals surface area contributed by atoms with Crippen LogP contribution in [0.2, 0.25) is 0 Å². The predicted octanol–water partition coefficient (Wildman–Crippen LogP) is 0.719. The lowest BCUT2D eigenvalue weighted by Gasteiger charge is -2.09. The van der Waals surface area contributed by atoms with Crippen molar-refractivity contribution in [2.24, 2.45) is 0 Å². The summed E-state index contributed by atoms with van der Waals surface area (Å²) in [6.07, 6.45) is 6.86. The van der Waals surface area contributed by atoms with Crippen LogP contribution < -0.4 is 16.0 Å². The minimum absolute atomic E-state index is 1.10. The maximum Gasteiger partial charge on any atom is 0.00772 e. The molecule has 0 saturated carbocycles. The first kappa shape index (κ1) is 12.0. The van der Waals surface area contributed by atoms with Gasteiger partial charge in [0.1, 0.15) is 0 Å². The molecule has 1 saturated heterocycles. The maximum absolute atomic E-state index is 3.46. The van der Waals surface area contributed by atoms with Crippen LogP contribution in [-0.4, -0.2) is 39.3 Å². The van der Waals surface area contributed by atoms with Gasteiger partial charge in [-0.3, -0.25) is 0 Å². The van der Waals surface area contributed by atoms with Gasteiger partial charge in [0.15, 0.2) is 0 Å². The second-order valence-electron chi connectivity index (χ2n) is 4.02. The van der Waals surface area contributed by atoms with Gasteiger partial charge >= 0.3 is 0 Å². The van der Waals surface area contributed by atoms with E-state index in [-0.39, 0.29) is 0 Å². The molecule has 0 radical (unpaired) electrons. The van der Waals surface area contributed by atoms with Crippen molar-refractivity contribution in [3.05, 3.63) is 0 Å². The lowest BCUT2D eigenvalue weighted by atomic mass is 10.1. The van der Waals surface area contributed by atoms with E-state index in [1.165, 1.54) is 45.2 Å². The van der Waals surface area contributed by atoms with Crippen molar-refractivity contribution in [2.45, 2.75) is 32.1 Å². The monoisotopic (exact) mass is 199 g/mol. The smallest absolute Gasteiger partial charge is 0.00772 e. The highest BCUT2D eigenvalue weighted by Gasteiger charge is 1.93. The fourth-order valence-corrected chi connectivity index (χ4v) is 1.76. The minimum atomic E-state index is 1.10. The van der Waals surface area contributed by atoms with Crippen LogP contribution in [0.5, 0.6) is 0 Å². The number of rotatable bonds is 0. The molecule has 0 spiro atoms. The van der Waals surface area contributed by atoms with E-state index in [2.05, 4.69) is 16.0 Å². The van der Waals surface area contributed by atoms with Crippen molar-refractivity contribution in [1.29, 1.82) is 0 Å². The molecule has 1 aliphatic rings. The normalized spacial score (nSPS) is 24.0. The van der Waals surface area contributed by atoms with E-state index in [0.29, 0.717) is 0 Å². The highest BCUT2D eigenvalue weighted by Crippen LogP contribution is 2.01. The molecule has 1 rings (SSSR count). The molecule has 0 aliphatic carbocycles. The Kier molecular flexibility index (Phi) is 8.06. The molecule has 0 unspecified atom stereocenters.